The molecule has 3 N–H and O–H groups in total. The molecule has 1 aliphatic rings. The van der Waals surface area contributed by atoms with Crippen LogP contribution in [0, 0.1) is 6.92 Å². The number of hydrogen-bond donors (Lipinski definition) is 3. The molecule has 3 rings (SSSR count). The van der Waals surface area contributed by atoms with Crippen molar-refractivity contribution in [1.82, 2.24) is 21.1 Å². The number of nitrogens with zero attached hydrogens (tertiary/aromatic N) is 1. The molecule has 1 aromatic heterocycles. The van der Waals surface area contributed by atoms with Crippen molar-refractivity contribution >= 4 is 34.7 Å². The van der Waals surface area contributed by atoms with E-state index in [0.29, 0.717) is 24.0 Å². The van der Waals surface area contributed by atoms with Crippen LogP contribution in [0.4, 0.5) is 4.79 Å². The molecule has 9 heteroatoms. The molecule has 0 bridgehead atoms. The molecule has 0 radical (unpaired) electrons. The highest BCUT2D eigenvalue weighted by molar-refractivity contribution is 6.09. The van der Waals surface area contributed by atoms with Gasteiger partial charge in [0.15, 0.2) is 5.76 Å². The van der Waals surface area contributed by atoms with Crippen LogP contribution in [0.25, 0.3) is 11.0 Å². The van der Waals surface area contributed by atoms with Crippen LogP contribution < -0.4 is 16.2 Å². The number of hydrazine groups is 1. The molecule has 9 nitrogen and oxygen atoms in total. The van der Waals surface area contributed by atoms with Crippen LogP contribution in [0.15, 0.2) is 28.7 Å². The highest BCUT2D eigenvalue weighted by Crippen LogP contribution is 2.28. The maximum absolute atomic E-state index is 12.8. The Hall–Kier alpha value is -3.36. The maximum atomic E-state index is 12.8. The maximum Gasteiger partial charge on any atom is 0.325 e. The zero-order valence-corrected chi connectivity index (χ0v) is 17.3. The lowest BCUT2D eigenvalue weighted by atomic mass is 9.88. The summed E-state index contributed by atoms with van der Waals surface area (Å²) in [4.78, 5) is 50.7. The number of furan rings is 1. The highest BCUT2D eigenvalue weighted by atomic mass is 16.3. The average molecular weight is 414 g/mol. The molecule has 1 aromatic carbocycles. The SMILES string of the molecule is CCCC1(CCC)NC(=O)N(CC(=O)NNC(=O)c2oc3ccccc3c2C)C1=O. The van der Waals surface area contributed by atoms with Crippen LogP contribution in [0.5, 0.6) is 0 Å². The van der Waals surface area contributed by atoms with Gasteiger partial charge in [-0.3, -0.25) is 30.1 Å². The van der Waals surface area contributed by atoms with Crippen molar-refractivity contribution in [2.75, 3.05) is 6.54 Å². The van der Waals surface area contributed by atoms with E-state index in [1.165, 1.54) is 0 Å². The fourth-order valence-corrected chi connectivity index (χ4v) is 3.89. The summed E-state index contributed by atoms with van der Waals surface area (Å²) in [5.74, 6) is -1.65. The van der Waals surface area contributed by atoms with Crippen LogP contribution in [-0.2, 0) is 9.59 Å². The van der Waals surface area contributed by atoms with Crippen molar-refractivity contribution in [3.8, 4) is 0 Å². The van der Waals surface area contributed by atoms with E-state index in [-0.39, 0.29) is 5.76 Å². The first-order valence-electron chi connectivity index (χ1n) is 10.0. The van der Waals surface area contributed by atoms with Gasteiger partial charge in [-0.1, -0.05) is 44.9 Å². The first kappa shape index (κ1) is 21.4. The second-order valence-electron chi connectivity index (χ2n) is 7.46. The summed E-state index contributed by atoms with van der Waals surface area (Å²) < 4.78 is 5.55. The number of rotatable bonds is 7. The number of fused-ring (bicyclic) bond motifs is 1. The van der Waals surface area contributed by atoms with Crippen LogP contribution in [0.2, 0.25) is 0 Å². The molecule has 30 heavy (non-hydrogen) atoms. The Morgan fingerprint density at radius 1 is 1.10 bits per heavy atom. The number of aryl methyl sites for hydroxylation is 1. The summed E-state index contributed by atoms with van der Waals surface area (Å²) in [6.45, 7) is 5.12. The third-order valence-corrected chi connectivity index (χ3v) is 5.27. The van der Waals surface area contributed by atoms with Gasteiger partial charge in [0.2, 0.25) is 0 Å². The third-order valence-electron chi connectivity index (χ3n) is 5.27. The minimum Gasteiger partial charge on any atom is -0.451 e. The number of para-hydroxylation sites is 1. The van der Waals surface area contributed by atoms with E-state index in [1.54, 1.807) is 19.1 Å². The summed E-state index contributed by atoms with van der Waals surface area (Å²) in [6, 6.07) is 6.61. The van der Waals surface area contributed by atoms with Crippen molar-refractivity contribution in [2.24, 2.45) is 0 Å². The molecule has 0 aliphatic carbocycles. The van der Waals surface area contributed by atoms with Gasteiger partial charge in [-0.15, -0.1) is 0 Å². The molecular formula is C21H26N4O5. The topological polar surface area (TPSA) is 121 Å². The smallest absolute Gasteiger partial charge is 0.325 e. The van der Waals surface area contributed by atoms with Gasteiger partial charge in [0, 0.05) is 10.9 Å². The van der Waals surface area contributed by atoms with Gasteiger partial charge < -0.3 is 9.73 Å². The van der Waals surface area contributed by atoms with Gasteiger partial charge in [0.25, 0.3) is 11.8 Å². The Morgan fingerprint density at radius 3 is 2.40 bits per heavy atom. The molecule has 1 aliphatic heterocycles. The number of imide groups is 1. The van der Waals surface area contributed by atoms with Gasteiger partial charge in [-0.25, -0.2) is 4.79 Å². The summed E-state index contributed by atoms with van der Waals surface area (Å²) in [5.41, 5.74) is 4.76. The van der Waals surface area contributed by atoms with Crippen molar-refractivity contribution in [2.45, 2.75) is 52.0 Å². The Balaban J connectivity index is 1.62. The number of benzene rings is 1. The Bertz CT molecular complexity index is 990. The number of hydrogen-bond acceptors (Lipinski definition) is 5. The van der Waals surface area contributed by atoms with E-state index < -0.39 is 35.8 Å². The van der Waals surface area contributed by atoms with Crippen LogP contribution >= 0.6 is 0 Å². The van der Waals surface area contributed by atoms with Crippen molar-refractivity contribution in [3.63, 3.8) is 0 Å². The molecule has 0 atom stereocenters. The van der Waals surface area contributed by atoms with Crippen LogP contribution in [-0.4, -0.2) is 40.7 Å². The molecule has 1 saturated heterocycles. The molecular weight excluding hydrogens is 388 g/mol. The van der Waals surface area contributed by atoms with E-state index in [1.807, 2.05) is 26.0 Å². The second kappa shape index (κ2) is 8.56. The minimum absolute atomic E-state index is 0.0800. The van der Waals surface area contributed by atoms with Gasteiger partial charge in [-0.2, -0.15) is 0 Å². The standard InChI is InChI=1S/C21H26N4O5/c1-4-10-21(11-5-2)19(28)25(20(29)22-21)12-16(26)23-24-18(27)17-13(3)14-8-6-7-9-15(14)30-17/h6-9H,4-5,10-12H2,1-3H3,(H,22,29)(H,23,26)(H,24,27). The van der Waals surface area contributed by atoms with Gasteiger partial charge in [0.1, 0.15) is 17.7 Å². The normalized spacial score (nSPS) is 15.4. The number of urea groups is 1. The number of carbonyl (C=O) groups excluding carboxylic acids is 4. The summed E-state index contributed by atoms with van der Waals surface area (Å²) >= 11 is 0. The predicted molar refractivity (Wildman–Crippen MR) is 109 cm³/mol. The van der Waals surface area contributed by atoms with Crippen molar-refractivity contribution < 1.29 is 23.6 Å². The minimum atomic E-state index is -0.963. The second-order valence-corrected chi connectivity index (χ2v) is 7.46. The monoisotopic (exact) mass is 414 g/mol. The molecule has 0 spiro atoms. The average Bonchev–Trinajstić information content (AvgIpc) is 3.17. The lowest BCUT2D eigenvalue weighted by Crippen LogP contribution is -2.49. The quantitative estimate of drug-likeness (QED) is 0.475. The number of nitrogens with one attached hydrogen (secondary N) is 3. The van der Waals surface area contributed by atoms with E-state index >= 15 is 0 Å². The van der Waals surface area contributed by atoms with Gasteiger partial charge in [0.05, 0.1) is 0 Å². The Morgan fingerprint density at radius 2 is 1.77 bits per heavy atom. The largest absolute Gasteiger partial charge is 0.451 e. The van der Waals surface area contributed by atoms with E-state index in [9.17, 15) is 19.2 Å². The van der Waals surface area contributed by atoms with Crippen molar-refractivity contribution in [1.29, 1.82) is 0 Å². The van der Waals surface area contributed by atoms with Gasteiger partial charge >= 0.3 is 11.9 Å². The highest BCUT2D eigenvalue weighted by Gasteiger charge is 2.50. The van der Waals surface area contributed by atoms with E-state index in [0.717, 1.165) is 23.1 Å². The predicted octanol–water partition coefficient (Wildman–Crippen LogP) is 2.39. The molecule has 5 amide bonds. The van der Waals surface area contributed by atoms with Gasteiger partial charge in [-0.05, 0) is 25.8 Å². The molecule has 0 saturated carbocycles. The number of carbonyl (C=O) groups is 4. The summed E-state index contributed by atoms with van der Waals surface area (Å²) in [5, 5.41) is 3.54. The van der Waals surface area contributed by atoms with E-state index in [2.05, 4.69) is 16.2 Å². The number of amides is 5. The molecule has 2 heterocycles. The van der Waals surface area contributed by atoms with Crippen LogP contribution in [0.3, 0.4) is 0 Å². The Kier molecular flexibility index (Phi) is 6.09. The van der Waals surface area contributed by atoms with E-state index in [4.69, 9.17) is 4.42 Å². The first-order chi connectivity index (χ1) is 14.3. The zero-order valence-electron chi connectivity index (χ0n) is 17.3. The Labute approximate surface area is 174 Å². The first-order valence-corrected chi connectivity index (χ1v) is 10.0. The molecule has 2 aromatic rings. The molecule has 1 fully saturated rings. The van der Waals surface area contributed by atoms with Crippen LogP contribution in [0.1, 0.15) is 55.6 Å². The fraction of sp³-hybridized carbons (Fsp3) is 0.429. The lowest BCUT2D eigenvalue weighted by molar-refractivity contribution is -0.135. The lowest BCUT2D eigenvalue weighted by Gasteiger charge is -2.25. The summed E-state index contributed by atoms with van der Waals surface area (Å²) in [7, 11) is 0. The fourth-order valence-electron chi connectivity index (χ4n) is 3.89. The zero-order chi connectivity index (χ0) is 21.9. The molecule has 160 valence electrons. The third kappa shape index (κ3) is 3.87. The van der Waals surface area contributed by atoms with Crippen molar-refractivity contribution in [3.05, 3.63) is 35.6 Å². The summed E-state index contributed by atoms with van der Waals surface area (Å²) in [6.07, 6.45) is 2.45. The molecule has 0 unspecified atom stereocenters.